The van der Waals surface area contributed by atoms with Crippen LogP contribution in [0, 0.1) is 0 Å². The van der Waals surface area contributed by atoms with Gasteiger partial charge in [-0.15, -0.1) is 20.4 Å². The fourth-order valence-electron chi connectivity index (χ4n) is 4.23. The van der Waals surface area contributed by atoms with Crippen molar-refractivity contribution in [1.29, 1.82) is 0 Å². The zero-order chi connectivity index (χ0) is 32.3. The van der Waals surface area contributed by atoms with Gasteiger partial charge in [-0.25, -0.2) is 0 Å². The number of nitrogen functional groups attached to an aromatic ring is 2. The highest BCUT2D eigenvalue weighted by Gasteiger charge is 2.22. The van der Waals surface area contributed by atoms with E-state index in [1.165, 1.54) is 19.1 Å². The number of esters is 1. The van der Waals surface area contributed by atoms with Gasteiger partial charge in [-0.1, -0.05) is 78.8 Å². The highest BCUT2D eigenvalue weighted by molar-refractivity contribution is 6.38. The van der Waals surface area contributed by atoms with E-state index in [0.29, 0.717) is 40.9 Å². The molecule has 0 amide bonds. The summed E-state index contributed by atoms with van der Waals surface area (Å²) >= 11 is 32.2. The van der Waals surface area contributed by atoms with Crippen molar-refractivity contribution in [3.63, 3.8) is 0 Å². The standard InChI is InChI=1S/C29H27Cl5N6O4/c1-12(2)17-9-23(38-40-29(17)42-14(4)41)44-27-21(32)11-22(36)16(25(27)33)6-5-13(3)18-10-24(37-39-28(18)34)43-26-19(30)7-15(35)8-20(26)31/h7-13H,5-6,35-36H2,1-4H3. The average Bonchev–Trinajstić information content (AvgIpc) is 2.93. The van der Waals surface area contributed by atoms with Gasteiger partial charge >= 0.3 is 5.97 Å². The molecule has 0 saturated heterocycles. The van der Waals surface area contributed by atoms with Crippen LogP contribution in [-0.2, 0) is 11.2 Å². The summed E-state index contributed by atoms with van der Waals surface area (Å²) in [5.74, 6) is 0.0115. The quantitative estimate of drug-likeness (QED) is 0.121. The van der Waals surface area contributed by atoms with Gasteiger partial charge in [0, 0.05) is 36.0 Å². The molecule has 2 heterocycles. The molecule has 1 atom stereocenters. The van der Waals surface area contributed by atoms with E-state index in [1.807, 2.05) is 20.8 Å². The van der Waals surface area contributed by atoms with E-state index in [4.69, 9.17) is 83.7 Å². The summed E-state index contributed by atoms with van der Waals surface area (Å²) in [5, 5.41) is 17.1. The Labute approximate surface area is 278 Å². The highest BCUT2D eigenvalue weighted by atomic mass is 35.5. The number of halogens is 5. The summed E-state index contributed by atoms with van der Waals surface area (Å²) in [6, 6.07) is 7.86. The molecule has 0 bridgehead atoms. The van der Waals surface area contributed by atoms with Crippen molar-refractivity contribution in [2.75, 3.05) is 11.5 Å². The lowest BCUT2D eigenvalue weighted by Gasteiger charge is -2.18. The minimum Gasteiger partial charge on any atom is -0.434 e. The third kappa shape index (κ3) is 7.86. The highest BCUT2D eigenvalue weighted by Crippen LogP contribution is 2.43. The first-order valence-corrected chi connectivity index (χ1v) is 15.1. The molecule has 0 aliphatic carbocycles. The average molecular weight is 701 g/mol. The van der Waals surface area contributed by atoms with E-state index >= 15 is 0 Å². The molecule has 2 aromatic heterocycles. The smallest absolute Gasteiger partial charge is 0.309 e. The van der Waals surface area contributed by atoms with Crippen LogP contribution in [0.15, 0.2) is 30.3 Å². The van der Waals surface area contributed by atoms with Gasteiger partial charge in [0.1, 0.15) is 0 Å². The number of benzene rings is 2. The molecule has 15 heteroatoms. The number of rotatable bonds is 10. The van der Waals surface area contributed by atoms with Crippen molar-refractivity contribution < 1.29 is 19.0 Å². The normalized spacial score (nSPS) is 11.9. The summed E-state index contributed by atoms with van der Waals surface area (Å²) in [7, 11) is 0. The number of carbonyl (C=O) groups is 1. The van der Waals surface area contributed by atoms with Crippen LogP contribution in [0.1, 0.15) is 62.6 Å². The number of ether oxygens (including phenoxy) is 3. The molecule has 0 fully saturated rings. The van der Waals surface area contributed by atoms with Crippen molar-refractivity contribution in [3.05, 3.63) is 72.3 Å². The maximum atomic E-state index is 11.5. The van der Waals surface area contributed by atoms with Gasteiger partial charge < -0.3 is 25.7 Å². The predicted octanol–water partition coefficient (Wildman–Crippen LogP) is 9.07. The second-order valence-electron chi connectivity index (χ2n) is 10.1. The molecule has 0 radical (unpaired) electrons. The number of nitrogens with zero attached hydrogens (tertiary/aromatic N) is 4. The van der Waals surface area contributed by atoms with Crippen LogP contribution >= 0.6 is 58.0 Å². The van der Waals surface area contributed by atoms with Crippen molar-refractivity contribution >= 4 is 75.3 Å². The Morgan fingerprint density at radius 2 is 1.36 bits per heavy atom. The second kappa shape index (κ2) is 14.2. The third-order valence-electron chi connectivity index (χ3n) is 6.49. The minimum atomic E-state index is -0.512. The maximum Gasteiger partial charge on any atom is 0.309 e. The van der Waals surface area contributed by atoms with Crippen molar-refractivity contribution in [2.24, 2.45) is 0 Å². The van der Waals surface area contributed by atoms with Gasteiger partial charge in [0.05, 0.1) is 20.1 Å². The summed E-state index contributed by atoms with van der Waals surface area (Å²) in [6.07, 6.45) is 0.978. The molecule has 10 nitrogen and oxygen atoms in total. The molecule has 0 aliphatic heterocycles. The largest absolute Gasteiger partial charge is 0.434 e. The molecule has 232 valence electrons. The van der Waals surface area contributed by atoms with Crippen LogP contribution in [0.4, 0.5) is 11.4 Å². The third-order valence-corrected chi connectivity index (χ3v) is 8.02. The first kappa shape index (κ1) is 33.6. The van der Waals surface area contributed by atoms with E-state index in [-0.39, 0.29) is 66.2 Å². The first-order chi connectivity index (χ1) is 20.7. The monoisotopic (exact) mass is 698 g/mol. The number of nitrogens with two attached hydrogens (primary N) is 2. The van der Waals surface area contributed by atoms with Crippen molar-refractivity contribution in [3.8, 4) is 29.1 Å². The van der Waals surface area contributed by atoms with E-state index in [2.05, 4.69) is 20.4 Å². The van der Waals surface area contributed by atoms with Gasteiger partial charge in [-0.3, -0.25) is 4.79 Å². The Morgan fingerprint density at radius 3 is 1.98 bits per heavy atom. The van der Waals surface area contributed by atoms with E-state index in [0.717, 1.165) is 0 Å². The van der Waals surface area contributed by atoms with Gasteiger partial charge in [0.15, 0.2) is 16.7 Å². The zero-order valence-corrected chi connectivity index (χ0v) is 27.7. The molecule has 1 unspecified atom stereocenters. The van der Waals surface area contributed by atoms with E-state index in [9.17, 15) is 4.79 Å². The van der Waals surface area contributed by atoms with Gasteiger partial charge in [-0.2, -0.15) is 0 Å². The Bertz CT molecular complexity index is 1700. The molecule has 2 aromatic carbocycles. The van der Waals surface area contributed by atoms with Crippen LogP contribution < -0.4 is 25.7 Å². The molecule has 4 rings (SSSR count). The topological polar surface area (TPSA) is 148 Å². The van der Waals surface area contributed by atoms with Crippen LogP contribution in [0.3, 0.4) is 0 Å². The fourth-order valence-corrected chi connectivity index (χ4v) is 5.73. The predicted molar refractivity (Wildman–Crippen MR) is 173 cm³/mol. The summed E-state index contributed by atoms with van der Waals surface area (Å²) in [4.78, 5) is 11.5. The van der Waals surface area contributed by atoms with Gasteiger partial charge in [0.2, 0.25) is 17.6 Å². The molecule has 44 heavy (non-hydrogen) atoms. The molecular formula is C29H27Cl5N6O4. The molecule has 4 N–H and O–H groups in total. The van der Waals surface area contributed by atoms with Gasteiger partial charge in [0.25, 0.3) is 0 Å². The lowest BCUT2D eigenvalue weighted by molar-refractivity contribution is -0.132. The van der Waals surface area contributed by atoms with Crippen molar-refractivity contribution in [1.82, 2.24) is 20.4 Å². The molecule has 0 spiro atoms. The Morgan fingerprint density at radius 1 is 0.795 bits per heavy atom. The fraction of sp³-hybridized carbons (Fsp3) is 0.276. The first-order valence-electron chi connectivity index (χ1n) is 13.2. The van der Waals surface area contributed by atoms with E-state index < -0.39 is 5.97 Å². The molecule has 4 aromatic rings. The summed E-state index contributed by atoms with van der Waals surface area (Å²) in [6.45, 7) is 7.07. The molecule has 0 aliphatic rings. The van der Waals surface area contributed by atoms with Crippen LogP contribution in [0.25, 0.3) is 0 Å². The molecule has 0 saturated carbocycles. The Kier molecular flexibility index (Phi) is 10.9. The number of carbonyl (C=O) groups excluding carboxylic acids is 1. The summed E-state index contributed by atoms with van der Waals surface area (Å²) in [5.41, 5.74) is 14.8. The van der Waals surface area contributed by atoms with Crippen LogP contribution in [0.2, 0.25) is 25.2 Å². The number of aromatic nitrogens is 4. The lowest BCUT2D eigenvalue weighted by Crippen LogP contribution is -2.08. The number of anilines is 2. The lowest BCUT2D eigenvalue weighted by atomic mass is 9.94. The minimum absolute atomic E-state index is 0.0440. The summed E-state index contributed by atoms with van der Waals surface area (Å²) < 4.78 is 17.0. The number of hydrogen-bond acceptors (Lipinski definition) is 10. The second-order valence-corrected chi connectivity index (χ2v) is 12.1. The zero-order valence-electron chi connectivity index (χ0n) is 23.9. The Hall–Kier alpha value is -3.28. The van der Waals surface area contributed by atoms with Gasteiger partial charge in [-0.05, 0) is 54.0 Å². The van der Waals surface area contributed by atoms with E-state index in [1.54, 1.807) is 18.2 Å². The molecular weight excluding hydrogens is 674 g/mol. The van der Waals surface area contributed by atoms with Crippen molar-refractivity contribution in [2.45, 2.75) is 52.4 Å². The number of hydrogen-bond donors (Lipinski definition) is 2. The Balaban J connectivity index is 1.55. The maximum absolute atomic E-state index is 11.5. The SMILES string of the molecule is CC(=O)Oc1nnc(Oc2c(Cl)cc(N)c(CCC(C)c3cc(Oc4c(Cl)cc(N)cc4Cl)nnc3Cl)c2Cl)cc1C(C)C. The van der Waals surface area contributed by atoms with Crippen LogP contribution in [-0.4, -0.2) is 26.4 Å². The van der Waals surface area contributed by atoms with Crippen LogP contribution in [0.5, 0.6) is 29.1 Å².